The Bertz CT molecular complexity index is 383. The quantitative estimate of drug-likeness (QED) is 0.846. The SMILES string of the molecule is Cc1cn(C)c(NCC2CC3CCC2C3)n1. The van der Waals surface area contributed by atoms with Crippen LogP contribution in [0.4, 0.5) is 5.95 Å². The Morgan fingerprint density at radius 1 is 1.44 bits per heavy atom. The van der Waals surface area contributed by atoms with Gasteiger partial charge < -0.3 is 9.88 Å². The second-order valence-corrected chi connectivity index (χ2v) is 5.63. The summed E-state index contributed by atoms with van der Waals surface area (Å²) in [6.45, 7) is 3.16. The lowest BCUT2D eigenvalue weighted by Gasteiger charge is -2.21. The molecular weight excluding hydrogens is 198 g/mol. The van der Waals surface area contributed by atoms with Crippen molar-refractivity contribution in [2.75, 3.05) is 11.9 Å². The molecule has 3 rings (SSSR count). The molecule has 3 nitrogen and oxygen atoms in total. The number of imidazole rings is 1. The average molecular weight is 219 g/mol. The summed E-state index contributed by atoms with van der Waals surface area (Å²) in [7, 11) is 2.06. The molecular formula is C13H21N3. The van der Waals surface area contributed by atoms with Crippen molar-refractivity contribution in [1.29, 1.82) is 0 Å². The van der Waals surface area contributed by atoms with Crippen LogP contribution in [-0.2, 0) is 7.05 Å². The molecule has 0 aliphatic heterocycles. The van der Waals surface area contributed by atoms with E-state index in [0.717, 1.165) is 35.9 Å². The Morgan fingerprint density at radius 2 is 2.31 bits per heavy atom. The lowest BCUT2D eigenvalue weighted by atomic mass is 9.89. The van der Waals surface area contributed by atoms with E-state index in [1.165, 1.54) is 25.7 Å². The van der Waals surface area contributed by atoms with Gasteiger partial charge in [-0.25, -0.2) is 4.98 Å². The van der Waals surface area contributed by atoms with Gasteiger partial charge in [0.15, 0.2) is 0 Å². The highest BCUT2D eigenvalue weighted by atomic mass is 15.2. The predicted octanol–water partition coefficient (Wildman–Crippen LogP) is 2.58. The summed E-state index contributed by atoms with van der Waals surface area (Å²) in [5, 5.41) is 3.51. The molecule has 0 saturated heterocycles. The van der Waals surface area contributed by atoms with E-state index in [2.05, 4.69) is 28.1 Å². The van der Waals surface area contributed by atoms with Gasteiger partial charge in [0.25, 0.3) is 0 Å². The first-order valence-electron chi connectivity index (χ1n) is 6.46. The molecule has 2 bridgehead atoms. The maximum Gasteiger partial charge on any atom is 0.202 e. The number of anilines is 1. The minimum absolute atomic E-state index is 0.899. The summed E-state index contributed by atoms with van der Waals surface area (Å²) in [6, 6.07) is 0. The Labute approximate surface area is 97.3 Å². The number of aromatic nitrogens is 2. The largest absolute Gasteiger partial charge is 0.355 e. The first-order valence-corrected chi connectivity index (χ1v) is 6.46. The van der Waals surface area contributed by atoms with Crippen molar-refractivity contribution in [2.24, 2.45) is 24.8 Å². The lowest BCUT2D eigenvalue weighted by Crippen LogP contribution is -2.21. The summed E-state index contributed by atoms with van der Waals surface area (Å²) in [5.41, 5.74) is 1.10. The number of rotatable bonds is 3. The fourth-order valence-electron chi connectivity index (χ4n) is 3.63. The van der Waals surface area contributed by atoms with Gasteiger partial charge in [0.1, 0.15) is 0 Å². The maximum absolute atomic E-state index is 4.49. The van der Waals surface area contributed by atoms with Crippen LogP contribution in [0.25, 0.3) is 0 Å². The topological polar surface area (TPSA) is 29.9 Å². The highest BCUT2D eigenvalue weighted by Gasteiger charge is 2.39. The molecule has 3 unspecified atom stereocenters. The number of aryl methyl sites for hydroxylation is 2. The number of nitrogens with zero attached hydrogens (tertiary/aromatic N) is 2. The normalized spacial score (nSPS) is 32.2. The standard InChI is InChI=1S/C13H21N3/c1-9-8-16(2)13(15-9)14-7-12-6-10-3-4-11(12)5-10/h8,10-12H,3-7H2,1-2H3,(H,14,15). The maximum atomic E-state index is 4.49. The third kappa shape index (κ3) is 1.72. The predicted molar refractivity (Wildman–Crippen MR) is 65.4 cm³/mol. The molecule has 16 heavy (non-hydrogen) atoms. The van der Waals surface area contributed by atoms with Crippen molar-refractivity contribution in [2.45, 2.75) is 32.6 Å². The molecule has 2 saturated carbocycles. The van der Waals surface area contributed by atoms with Gasteiger partial charge in [-0.05, 0) is 43.9 Å². The van der Waals surface area contributed by atoms with Crippen molar-refractivity contribution >= 4 is 5.95 Å². The van der Waals surface area contributed by atoms with E-state index < -0.39 is 0 Å². The molecule has 3 heteroatoms. The number of hydrogen-bond donors (Lipinski definition) is 1. The third-order valence-electron chi connectivity index (χ3n) is 4.40. The monoisotopic (exact) mass is 219 g/mol. The van der Waals surface area contributed by atoms with E-state index >= 15 is 0 Å². The fraction of sp³-hybridized carbons (Fsp3) is 0.769. The first-order chi connectivity index (χ1) is 7.72. The molecule has 0 radical (unpaired) electrons. The molecule has 3 atom stereocenters. The van der Waals surface area contributed by atoms with Crippen molar-refractivity contribution in [3.8, 4) is 0 Å². The average Bonchev–Trinajstić information content (AvgIpc) is 2.91. The number of hydrogen-bond acceptors (Lipinski definition) is 2. The van der Waals surface area contributed by atoms with Gasteiger partial charge in [-0.2, -0.15) is 0 Å². The van der Waals surface area contributed by atoms with Crippen molar-refractivity contribution in [3.05, 3.63) is 11.9 Å². The van der Waals surface area contributed by atoms with Gasteiger partial charge in [0, 0.05) is 19.8 Å². The lowest BCUT2D eigenvalue weighted by molar-refractivity contribution is 0.347. The van der Waals surface area contributed by atoms with Crippen LogP contribution in [0.5, 0.6) is 0 Å². The second kappa shape index (κ2) is 3.79. The minimum Gasteiger partial charge on any atom is -0.355 e. The Kier molecular flexibility index (Phi) is 2.41. The second-order valence-electron chi connectivity index (χ2n) is 5.63. The van der Waals surface area contributed by atoms with E-state index in [1.54, 1.807) is 0 Å². The van der Waals surface area contributed by atoms with E-state index in [1.807, 2.05) is 6.92 Å². The molecule has 0 spiro atoms. The van der Waals surface area contributed by atoms with Crippen LogP contribution in [0.3, 0.4) is 0 Å². The van der Waals surface area contributed by atoms with Crippen LogP contribution < -0.4 is 5.32 Å². The van der Waals surface area contributed by atoms with E-state index in [4.69, 9.17) is 0 Å². The molecule has 1 aromatic heterocycles. The Morgan fingerprint density at radius 3 is 2.88 bits per heavy atom. The zero-order valence-electron chi connectivity index (χ0n) is 10.2. The van der Waals surface area contributed by atoms with Crippen LogP contribution in [0.2, 0.25) is 0 Å². The van der Waals surface area contributed by atoms with Gasteiger partial charge in [-0.1, -0.05) is 6.42 Å². The van der Waals surface area contributed by atoms with Gasteiger partial charge >= 0.3 is 0 Å². The van der Waals surface area contributed by atoms with Gasteiger partial charge in [-0.3, -0.25) is 0 Å². The van der Waals surface area contributed by atoms with E-state index in [0.29, 0.717) is 0 Å². The summed E-state index contributed by atoms with van der Waals surface area (Å²) in [6.07, 6.45) is 7.97. The Balaban J connectivity index is 1.59. The molecule has 0 aromatic carbocycles. The highest BCUT2D eigenvalue weighted by Crippen LogP contribution is 2.48. The minimum atomic E-state index is 0.899. The molecule has 1 heterocycles. The molecule has 2 fully saturated rings. The fourth-order valence-corrected chi connectivity index (χ4v) is 3.63. The molecule has 2 aliphatic rings. The Hall–Kier alpha value is -0.990. The molecule has 2 aliphatic carbocycles. The molecule has 1 N–H and O–H groups in total. The van der Waals surface area contributed by atoms with Gasteiger partial charge in [-0.15, -0.1) is 0 Å². The van der Waals surface area contributed by atoms with Crippen LogP contribution in [0, 0.1) is 24.7 Å². The zero-order valence-corrected chi connectivity index (χ0v) is 10.2. The van der Waals surface area contributed by atoms with Crippen LogP contribution in [0.1, 0.15) is 31.4 Å². The van der Waals surface area contributed by atoms with Crippen molar-refractivity contribution in [1.82, 2.24) is 9.55 Å². The van der Waals surface area contributed by atoms with E-state index in [-0.39, 0.29) is 0 Å². The third-order valence-corrected chi connectivity index (χ3v) is 4.40. The summed E-state index contributed by atoms with van der Waals surface area (Å²) in [4.78, 5) is 4.49. The van der Waals surface area contributed by atoms with Crippen molar-refractivity contribution in [3.63, 3.8) is 0 Å². The first kappa shape index (κ1) is 10.2. The van der Waals surface area contributed by atoms with Crippen LogP contribution in [0.15, 0.2) is 6.20 Å². The van der Waals surface area contributed by atoms with Gasteiger partial charge in [0.2, 0.25) is 5.95 Å². The van der Waals surface area contributed by atoms with Crippen LogP contribution in [-0.4, -0.2) is 16.1 Å². The number of nitrogens with one attached hydrogen (secondary N) is 1. The zero-order chi connectivity index (χ0) is 11.1. The smallest absolute Gasteiger partial charge is 0.202 e. The molecule has 1 aromatic rings. The van der Waals surface area contributed by atoms with Gasteiger partial charge in [0.05, 0.1) is 5.69 Å². The highest BCUT2D eigenvalue weighted by molar-refractivity contribution is 5.28. The molecule has 88 valence electrons. The number of fused-ring (bicyclic) bond motifs is 2. The summed E-state index contributed by atoms with van der Waals surface area (Å²) < 4.78 is 2.09. The van der Waals surface area contributed by atoms with E-state index in [9.17, 15) is 0 Å². The summed E-state index contributed by atoms with van der Waals surface area (Å²) in [5.74, 6) is 3.97. The summed E-state index contributed by atoms with van der Waals surface area (Å²) >= 11 is 0. The van der Waals surface area contributed by atoms with Crippen LogP contribution >= 0.6 is 0 Å². The van der Waals surface area contributed by atoms with Crippen molar-refractivity contribution < 1.29 is 0 Å². The molecule has 0 amide bonds.